The molecule has 0 aliphatic rings. The number of anilines is 1. The number of nitrogens with one attached hydrogen (secondary N) is 1. The third-order valence-electron chi connectivity index (χ3n) is 8.11. The van der Waals surface area contributed by atoms with Crippen molar-refractivity contribution in [3.63, 3.8) is 0 Å². The molecule has 1 unspecified atom stereocenters. The molecule has 1 aromatic heterocycles. The molecule has 0 aliphatic carbocycles. The summed E-state index contributed by atoms with van der Waals surface area (Å²) < 4.78 is 36.9. The van der Waals surface area contributed by atoms with Gasteiger partial charge in [0.15, 0.2) is 11.4 Å². The lowest BCUT2D eigenvalue weighted by Gasteiger charge is -2.25. The minimum atomic E-state index is -4.12. The highest BCUT2D eigenvalue weighted by molar-refractivity contribution is 7.85. The third-order valence-corrected chi connectivity index (χ3v) is 8.92. The van der Waals surface area contributed by atoms with Crippen LogP contribution in [0.5, 0.6) is 0 Å². The van der Waals surface area contributed by atoms with Crippen molar-refractivity contribution in [1.82, 2.24) is 4.98 Å². The molecule has 0 bridgehead atoms. The van der Waals surface area contributed by atoms with Gasteiger partial charge in [-0.25, -0.2) is 4.98 Å². The van der Waals surface area contributed by atoms with Crippen molar-refractivity contribution in [2.45, 2.75) is 52.4 Å². The van der Waals surface area contributed by atoms with Gasteiger partial charge in [-0.1, -0.05) is 101 Å². The largest absolute Gasteiger partial charge is 0.436 e. The highest BCUT2D eigenvalue weighted by atomic mass is 32.2. The fourth-order valence-corrected chi connectivity index (χ4v) is 5.97. The smallest absolute Gasteiger partial charge is 0.264 e. The van der Waals surface area contributed by atoms with Gasteiger partial charge in [-0.2, -0.15) is 8.42 Å². The number of amides is 1. The normalized spacial score (nSPS) is 13.4. The maximum atomic E-state index is 14.0. The number of benzene rings is 4. The van der Waals surface area contributed by atoms with Crippen molar-refractivity contribution in [3.05, 3.63) is 125 Å². The number of hydrogen-bond acceptors (Lipinski definition) is 6. The van der Waals surface area contributed by atoms with E-state index in [0.29, 0.717) is 22.7 Å². The second-order valence-electron chi connectivity index (χ2n) is 13.1. The Morgan fingerprint density at radius 2 is 1.54 bits per heavy atom. The zero-order valence-corrected chi connectivity index (χ0v) is 28.3. The average Bonchev–Trinajstić information content (AvgIpc) is 3.48. The molecule has 9 heteroatoms. The average molecular weight is 665 g/mol. The van der Waals surface area contributed by atoms with Crippen molar-refractivity contribution in [2.75, 3.05) is 11.1 Å². The highest BCUT2D eigenvalue weighted by Crippen LogP contribution is 2.35. The number of carbonyl (C=O) groups excluding carboxylic acids is 2. The molecular formula is C39H40N2O6S. The molecule has 0 fully saturated rings. The van der Waals surface area contributed by atoms with E-state index >= 15 is 0 Å². The first-order chi connectivity index (χ1) is 22.8. The van der Waals surface area contributed by atoms with Crippen molar-refractivity contribution in [1.29, 1.82) is 0 Å². The zero-order chi connectivity index (χ0) is 34.5. The Labute approximate surface area is 281 Å². The number of Topliss-reactive ketones (excluding diaryl/α,β-unsaturated/α-hetero) is 1. The van der Waals surface area contributed by atoms with Crippen LogP contribution in [0.15, 0.2) is 108 Å². The number of rotatable bonds is 12. The van der Waals surface area contributed by atoms with Crippen LogP contribution in [0.25, 0.3) is 28.6 Å². The van der Waals surface area contributed by atoms with E-state index < -0.39 is 21.8 Å². The molecule has 2 N–H and O–H groups in total. The van der Waals surface area contributed by atoms with Crippen LogP contribution < -0.4 is 5.32 Å². The quantitative estimate of drug-likeness (QED) is 0.101. The van der Waals surface area contributed by atoms with Gasteiger partial charge in [-0.05, 0) is 70.8 Å². The summed E-state index contributed by atoms with van der Waals surface area (Å²) in [5.74, 6) is -1.17. The van der Waals surface area contributed by atoms with E-state index in [1.807, 2.05) is 91.9 Å². The lowest BCUT2D eigenvalue weighted by molar-refractivity contribution is -0.118. The van der Waals surface area contributed by atoms with Gasteiger partial charge >= 0.3 is 0 Å². The van der Waals surface area contributed by atoms with Crippen LogP contribution in [0, 0.1) is 5.41 Å². The van der Waals surface area contributed by atoms with E-state index in [0.717, 1.165) is 27.8 Å². The third kappa shape index (κ3) is 9.14. The van der Waals surface area contributed by atoms with E-state index in [1.165, 1.54) is 0 Å². The fourth-order valence-electron chi connectivity index (χ4n) is 5.46. The van der Waals surface area contributed by atoms with Gasteiger partial charge in [0.05, 0.1) is 11.7 Å². The first kappa shape index (κ1) is 34.5. The molecule has 5 aromatic rings. The number of fused-ring (bicyclic) bond motifs is 1. The standard InChI is InChI=1S/C39H40N2O6S/c1-26(28-15-17-29(18-16-28)34(42)9-7-25-48(44,45)46)36(30-13-11-27(12-14-30)23-24-39(2,3)4)37(43)40-32-21-19-31(20-22-32)38-41-33-8-5-6-10-35(33)47-38/h5-6,8,10-24,26,36H,7,9,25H2,1-4H3,(H,40,43)(H,44,45,46)/b24-23+/t26-,36?/m0/s1. The molecule has 0 aliphatic heterocycles. The number of hydrogen-bond donors (Lipinski definition) is 2. The van der Waals surface area contributed by atoms with Gasteiger partial charge in [0, 0.05) is 23.2 Å². The van der Waals surface area contributed by atoms with Crippen LogP contribution in [0.3, 0.4) is 0 Å². The molecule has 1 heterocycles. The molecule has 8 nitrogen and oxygen atoms in total. The van der Waals surface area contributed by atoms with E-state index in [2.05, 4.69) is 43.2 Å². The molecule has 0 spiro atoms. The lowest BCUT2D eigenvalue weighted by Crippen LogP contribution is -2.25. The molecular weight excluding hydrogens is 625 g/mol. The summed E-state index contributed by atoms with van der Waals surface area (Å²) in [6.07, 6.45) is 4.26. The first-order valence-electron chi connectivity index (χ1n) is 15.9. The Balaban J connectivity index is 1.37. The minimum absolute atomic E-state index is 0.000919. The monoisotopic (exact) mass is 664 g/mol. The first-order valence-corrected chi connectivity index (χ1v) is 17.5. The Hall–Kier alpha value is -4.86. The van der Waals surface area contributed by atoms with Gasteiger partial charge < -0.3 is 9.73 Å². The molecule has 5 rings (SSSR count). The Kier molecular flexibility index (Phi) is 10.4. The van der Waals surface area contributed by atoms with E-state index in [4.69, 9.17) is 8.97 Å². The molecule has 0 saturated heterocycles. The summed E-state index contributed by atoms with van der Waals surface area (Å²) in [5, 5.41) is 3.09. The lowest BCUT2D eigenvalue weighted by atomic mass is 9.81. The van der Waals surface area contributed by atoms with E-state index in [9.17, 15) is 18.0 Å². The molecule has 1 amide bonds. The predicted octanol–water partition coefficient (Wildman–Crippen LogP) is 8.93. The molecule has 48 heavy (non-hydrogen) atoms. The van der Waals surface area contributed by atoms with Crippen LogP contribution in [0.2, 0.25) is 0 Å². The van der Waals surface area contributed by atoms with Gasteiger partial charge in [0.25, 0.3) is 10.1 Å². The summed E-state index contributed by atoms with van der Waals surface area (Å²) in [6.45, 7) is 8.39. The van der Waals surface area contributed by atoms with Gasteiger partial charge in [-0.15, -0.1) is 0 Å². The second-order valence-corrected chi connectivity index (χ2v) is 14.7. The molecule has 0 saturated carbocycles. The summed E-state index contributed by atoms with van der Waals surface area (Å²) in [5.41, 5.74) is 6.13. The van der Waals surface area contributed by atoms with Crippen LogP contribution in [-0.2, 0) is 14.9 Å². The number of allylic oxidation sites excluding steroid dienone is 1. The maximum Gasteiger partial charge on any atom is 0.264 e. The summed E-state index contributed by atoms with van der Waals surface area (Å²) >= 11 is 0. The number of nitrogens with zero attached hydrogens (tertiary/aromatic N) is 1. The van der Waals surface area contributed by atoms with Gasteiger partial charge in [0.1, 0.15) is 5.52 Å². The molecule has 0 radical (unpaired) electrons. The van der Waals surface area contributed by atoms with Crippen molar-refractivity contribution < 1.29 is 27.0 Å². The number of oxazole rings is 1. The second kappa shape index (κ2) is 14.5. The maximum absolute atomic E-state index is 14.0. The summed E-state index contributed by atoms with van der Waals surface area (Å²) in [7, 11) is -4.12. The summed E-state index contributed by atoms with van der Waals surface area (Å²) in [4.78, 5) is 31.2. The zero-order valence-electron chi connectivity index (χ0n) is 27.5. The van der Waals surface area contributed by atoms with Crippen LogP contribution >= 0.6 is 0 Å². The SMILES string of the molecule is C[C@@H](c1ccc(C(=O)CCCS(=O)(=O)O)cc1)C(C(=O)Nc1ccc(-c2nc3ccccc3o2)cc1)c1ccc(/C=C/C(C)(C)C)cc1. The molecule has 2 atom stereocenters. The van der Waals surface area contributed by atoms with Crippen LogP contribution in [0.1, 0.15) is 79.4 Å². The Morgan fingerprint density at radius 3 is 2.17 bits per heavy atom. The van der Waals surface area contributed by atoms with Crippen molar-refractivity contribution >= 4 is 44.7 Å². The number of ketones is 1. The van der Waals surface area contributed by atoms with E-state index in [-0.39, 0.29) is 35.9 Å². The van der Waals surface area contributed by atoms with Crippen molar-refractivity contribution in [3.8, 4) is 11.5 Å². The van der Waals surface area contributed by atoms with E-state index in [1.54, 1.807) is 12.1 Å². The van der Waals surface area contributed by atoms with Crippen molar-refractivity contribution in [2.24, 2.45) is 5.41 Å². The number of aromatic nitrogens is 1. The highest BCUT2D eigenvalue weighted by Gasteiger charge is 2.29. The Morgan fingerprint density at radius 1 is 0.896 bits per heavy atom. The molecule has 4 aromatic carbocycles. The number of carbonyl (C=O) groups is 2. The van der Waals surface area contributed by atoms with Crippen LogP contribution in [-0.4, -0.2) is 35.4 Å². The minimum Gasteiger partial charge on any atom is -0.436 e. The summed E-state index contributed by atoms with van der Waals surface area (Å²) in [6, 6.07) is 30.0. The predicted molar refractivity (Wildman–Crippen MR) is 191 cm³/mol. The fraction of sp³-hybridized carbons (Fsp3) is 0.256. The Bertz CT molecular complexity index is 1990. The van der Waals surface area contributed by atoms with Gasteiger partial charge in [-0.3, -0.25) is 14.1 Å². The van der Waals surface area contributed by atoms with Gasteiger partial charge in [0.2, 0.25) is 11.8 Å². The number of para-hydroxylation sites is 2. The molecule has 248 valence electrons. The van der Waals surface area contributed by atoms with Crippen LogP contribution in [0.4, 0.5) is 5.69 Å². The topological polar surface area (TPSA) is 127 Å².